The first-order valence-corrected chi connectivity index (χ1v) is 9.33. The number of likely N-dealkylation sites (tertiary alicyclic amines) is 1. The van der Waals surface area contributed by atoms with Gasteiger partial charge in [-0.1, -0.05) is 31.2 Å². The maximum Gasteiger partial charge on any atom is 0.263 e. The molecule has 1 aliphatic carbocycles. The zero-order chi connectivity index (χ0) is 19.0. The molecule has 2 aromatic rings. The maximum atomic E-state index is 13.0. The fourth-order valence-corrected chi connectivity index (χ4v) is 3.82. The lowest BCUT2D eigenvalue weighted by atomic mass is 9.88. The van der Waals surface area contributed by atoms with Gasteiger partial charge in [0.1, 0.15) is 0 Å². The van der Waals surface area contributed by atoms with Gasteiger partial charge >= 0.3 is 0 Å². The normalized spacial score (nSPS) is 19.1. The van der Waals surface area contributed by atoms with Crippen molar-refractivity contribution in [2.75, 3.05) is 13.1 Å². The van der Waals surface area contributed by atoms with Crippen molar-refractivity contribution in [2.24, 2.45) is 11.8 Å². The Balaban J connectivity index is 1.50. The summed E-state index contributed by atoms with van der Waals surface area (Å²) >= 11 is 0. The first-order chi connectivity index (χ1) is 13.0. The summed E-state index contributed by atoms with van der Waals surface area (Å²) in [5.41, 5.74) is 3.53. The molecule has 1 aliphatic heterocycles. The molecule has 1 saturated heterocycles. The van der Waals surface area contributed by atoms with Gasteiger partial charge in [-0.3, -0.25) is 9.78 Å². The van der Waals surface area contributed by atoms with Crippen LogP contribution in [0, 0.1) is 11.8 Å². The van der Waals surface area contributed by atoms with Crippen LogP contribution in [-0.2, 0) is 11.2 Å². The molecule has 0 bridgehead atoms. The Morgan fingerprint density at radius 3 is 2.81 bits per heavy atom. The van der Waals surface area contributed by atoms with Crippen molar-refractivity contribution < 1.29 is 13.6 Å². The third kappa shape index (κ3) is 3.77. The monoisotopic (exact) mass is 368 g/mol. The van der Waals surface area contributed by atoms with E-state index in [0.29, 0.717) is 12.3 Å². The van der Waals surface area contributed by atoms with Crippen molar-refractivity contribution in [1.82, 2.24) is 9.88 Å². The van der Waals surface area contributed by atoms with Crippen molar-refractivity contribution in [3.05, 3.63) is 59.4 Å². The van der Waals surface area contributed by atoms with Crippen LogP contribution < -0.4 is 0 Å². The Morgan fingerprint density at radius 1 is 1.26 bits per heavy atom. The largest absolute Gasteiger partial charge is 0.342 e. The number of hydrogen-bond acceptors (Lipinski definition) is 2. The van der Waals surface area contributed by atoms with E-state index in [-0.39, 0.29) is 17.4 Å². The predicted octanol–water partition coefficient (Wildman–Crippen LogP) is 4.74. The van der Waals surface area contributed by atoms with Crippen molar-refractivity contribution >= 4 is 12.0 Å². The molecule has 5 heteroatoms. The molecule has 1 aromatic heterocycles. The number of amides is 1. The van der Waals surface area contributed by atoms with Crippen molar-refractivity contribution in [2.45, 2.75) is 26.2 Å². The number of carbonyl (C=O) groups excluding carboxylic acids is 1. The van der Waals surface area contributed by atoms with Gasteiger partial charge in [0.15, 0.2) is 0 Å². The van der Waals surface area contributed by atoms with Crippen molar-refractivity contribution in [1.29, 1.82) is 0 Å². The van der Waals surface area contributed by atoms with Crippen LogP contribution in [0.25, 0.3) is 17.2 Å². The predicted molar refractivity (Wildman–Crippen MR) is 101 cm³/mol. The highest BCUT2D eigenvalue weighted by atomic mass is 19.3. The third-order valence-electron chi connectivity index (χ3n) is 5.34. The van der Waals surface area contributed by atoms with E-state index >= 15 is 0 Å². The van der Waals surface area contributed by atoms with Crippen molar-refractivity contribution in [3.8, 4) is 11.1 Å². The highest BCUT2D eigenvalue weighted by molar-refractivity contribution is 5.78. The lowest BCUT2D eigenvalue weighted by Gasteiger charge is -2.38. The number of aromatic nitrogens is 1. The van der Waals surface area contributed by atoms with Crippen LogP contribution in [0.1, 0.15) is 36.6 Å². The quantitative estimate of drug-likeness (QED) is 0.781. The first kappa shape index (κ1) is 17.8. The van der Waals surface area contributed by atoms with E-state index < -0.39 is 6.43 Å². The topological polar surface area (TPSA) is 33.2 Å². The summed E-state index contributed by atoms with van der Waals surface area (Å²) < 4.78 is 25.9. The summed E-state index contributed by atoms with van der Waals surface area (Å²) in [6.45, 7) is 3.87. The molecule has 0 saturated carbocycles. The molecule has 1 unspecified atom stereocenters. The van der Waals surface area contributed by atoms with E-state index in [9.17, 15) is 13.6 Å². The minimum atomic E-state index is -2.49. The molecule has 1 fully saturated rings. The molecule has 3 nitrogen and oxygen atoms in total. The number of hydrogen-bond donors (Lipinski definition) is 0. The summed E-state index contributed by atoms with van der Waals surface area (Å²) in [6.07, 6.45) is 4.52. The number of allylic oxidation sites excluding steroid dienone is 1. The van der Waals surface area contributed by atoms with E-state index in [1.54, 1.807) is 12.3 Å². The number of fused-ring (bicyclic) bond motifs is 1. The Morgan fingerprint density at radius 2 is 2.07 bits per heavy atom. The van der Waals surface area contributed by atoms with Crippen LogP contribution in [0.15, 0.2) is 42.6 Å². The zero-order valence-corrected chi connectivity index (χ0v) is 15.2. The van der Waals surface area contributed by atoms with Crippen molar-refractivity contribution in [3.63, 3.8) is 0 Å². The average molecular weight is 368 g/mol. The van der Waals surface area contributed by atoms with Gasteiger partial charge in [0.05, 0.1) is 5.69 Å². The van der Waals surface area contributed by atoms with Gasteiger partial charge in [-0.25, -0.2) is 8.78 Å². The molecule has 1 atom stereocenters. The second kappa shape index (κ2) is 7.22. The van der Waals surface area contributed by atoms with Gasteiger partial charge < -0.3 is 4.90 Å². The minimum absolute atomic E-state index is 0.0115. The first-order valence-electron chi connectivity index (χ1n) is 9.33. The molecule has 1 aromatic carbocycles. The van der Waals surface area contributed by atoms with Crippen LogP contribution in [0.4, 0.5) is 8.78 Å². The maximum absolute atomic E-state index is 13.0. The second-order valence-electron chi connectivity index (χ2n) is 7.63. The molecule has 2 heterocycles. The Labute approximate surface area is 157 Å². The lowest BCUT2D eigenvalue weighted by molar-refractivity contribution is -0.137. The smallest absolute Gasteiger partial charge is 0.263 e. The number of pyridine rings is 1. The van der Waals surface area contributed by atoms with Crippen LogP contribution in [0.2, 0.25) is 0 Å². The molecule has 4 rings (SSSR count). The number of halogens is 2. The number of nitrogens with zero attached hydrogens (tertiary/aromatic N) is 2. The summed E-state index contributed by atoms with van der Waals surface area (Å²) in [6, 6.07) is 8.42. The summed E-state index contributed by atoms with van der Waals surface area (Å²) in [5, 5.41) is 0. The molecule has 140 valence electrons. The van der Waals surface area contributed by atoms with E-state index in [1.165, 1.54) is 12.1 Å². The second-order valence-corrected chi connectivity index (χ2v) is 7.63. The van der Waals surface area contributed by atoms with Gasteiger partial charge in [-0.2, -0.15) is 0 Å². The SMILES string of the molecule is CC1CN(C(=O)CC2C=Cc3ncc(-c4cccc(C(F)F)c4)cc3C2)C1. The molecule has 0 radical (unpaired) electrons. The molecule has 0 N–H and O–H groups in total. The summed E-state index contributed by atoms with van der Waals surface area (Å²) in [7, 11) is 0. The van der Waals surface area contributed by atoms with Gasteiger partial charge in [-0.15, -0.1) is 0 Å². The zero-order valence-electron chi connectivity index (χ0n) is 15.2. The molecular formula is C22H22F2N2O. The average Bonchev–Trinajstić information content (AvgIpc) is 2.65. The van der Waals surface area contributed by atoms with Gasteiger partial charge in [0.2, 0.25) is 5.91 Å². The van der Waals surface area contributed by atoms with Crippen LogP contribution in [0.5, 0.6) is 0 Å². The van der Waals surface area contributed by atoms with E-state index in [2.05, 4.69) is 18.0 Å². The molecular weight excluding hydrogens is 346 g/mol. The number of rotatable bonds is 4. The Bertz CT molecular complexity index is 888. The van der Waals surface area contributed by atoms with Crippen LogP contribution >= 0.6 is 0 Å². The highest BCUT2D eigenvalue weighted by Gasteiger charge is 2.29. The van der Waals surface area contributed by atoms with Gasteiger partial charge in [0.25, 0.3) is 6.43 Å². The molecule has 1 amide bonds. The molecule has 2 aliphatic rings. The third-order valence-corrected chi connectivity index (χ3v) is 5.34. The number of alkyl halides is 2. The molecule has 0 spiro atoms. The van der Waals surface area contributed by atoms with E-state index in [1.807, 2.05) is 23.1 Å². The Kier molecular flexibility index (Phi) is 4.77. The number of carbonyl (C=O) groups is 1. The fourth-order valence-electron chi connectivity index (χ4n) is 3.82. The van der Waals surface area contributed by atoms with E-state index in [0.717, 1.165) is 41.9 Å². The highest BCUT2D eigenvalue weighted by Crippen LogP contribution is 2.30. The molecule has 27 heavy (non-hydrogen) atoms. The number of benzene rings is 1. The standard InChI is InChI=1S/C22H22F2N2O/c1-14-12-26(13-14)21(27)8-15-5-6-20-18(7-15)10-19(11-25-20)16-3-2-4-17(9-16)22(23)24/h2-6,9-11,14-15,22H,7-8,12-13H2,1H3. The summed E-state index contributed by atoms with van der Waals surface area (Å²) in [5.74, 6) is 0.970. The lowest BCUT2D eigenvalue weighted by Crippen LogP contribution is -2.49. The Hall–Kier alpha value is -2.56. The minimum Gasteiger partial charge on any atom is -0.342 e. The van der Waals surface area contributed by atoms with Crippen LogP contribution in [-0.4, -0.2) is 28.9 Å². The fraction of sp³-hybridized carbons (Fsp3) is 0.364. The summed E-state index contributed by atoms with van der Waals surface area (Å²) in [4.78, 5) is 18.7. The van der Waals surface area contributed by atoms with Gasteiger partial charge in [0, 0.05) is 36.8 Å². The van der Waals surface area contributed by atoms with Gasteiger partial charge in [-0.05, 0) is 47.6 Å². The van der Waals surface area contributed by atoms with Crippen LogP contribution in [0.3, 0.4) is 0 Å². The van der Waals surface area contributed by atoms with E-state index in [4.69, 9.17) is 0 Å².